The lowest BCUT2D eigenvalue weighted by Gasteiger charge is -2.36. The average Bonchev–Trinajstić information content (AvgIpc) is 2.77. The SMILES string of the molecule is C[C@H](CNC(=O)[C@@H](C)N1CCN(S(=O)(=O)Cc2ccccc2)CC1)c1ccccc1. The predicted molar refractivity (Wildman–Crippen MR) is 120 cm³/mol. The highest BCUT2D eigenvalue weighted by molar-refractivity contribution is 7.88. The zero-order valence-corrected chi connectivity index (χ0v) is 18.5. The lowest BCUT2D eigenvalue weighted by atomic mass is 10.0. The first-order valence-corrected chi connectivity index (χ1v) is 12.1. The summed E-state index contributed by atoms with van der Waals surface area (Å²) in [6.45, 7) is 6.49. The Morgan fingerprint density at radius 3 is 2.10 bits per heavy atom. The molecule has 0 spiro atoms. The van der Waals surface area contributed by atoms with Crippen molar-refractivity contribution in [2.75, 3.05) is 32.7 Å². The molecule has 162 valence electrons. The van der Waals surface area contributed by atoms with E-state index in [4.69, 9.17) is 0 Å². The molecule has 1 fully saturated rings. The topological polar surface area (TPSA) is 69.7 Å². The Morgan fingerprint density at radius 1 is 0.933 bits per heavy atom. The zero-order valence-electron chi connectivity index (χ0n) is 17.7. The lowest BCUT2D eigenvalue weighted by Crippen LogP contribution is -2.55. The van der Waals surface area contributed by atoms with Crippen LogP contribution in [0.15, 0.2) is 60.7 Å². The van der Waals surface area contributed by atoms with Crippen molar-refractivity contribution in [2.24, 2.45) is 0 Å². The van der Waals surface area contributed by atoms with Gasteiger partial charge in [0, 0.05) is 32.7 Å². The van der Waals surface area contributed by atoms with E-state index >= 15 is 0 Å². The van der Waals surface area contributed by atoms with Gasteiger partial charge in [0.15, 0.2) is 0 Å². The minimum Gasteiger partial charge on any atom is -0.354 e. The summed E-state index contributed by atoms with van der Waals surface area (Å²) in [4.78, 5) is 14.7. The fourth-order valence-electron chi connectivity index (χ4n) is 3.71. The van der Waals surface area contributed by atoms with Crippen LogP contribution in [0.1, 0.15) is 30.9 Å². The number of sulfonamides is 1. The maximum absolute atomic E-state index is 12.7. The third-order valence-electron chi connectivity index (χ3n) is 5.74. The quantitative estimate of drug-likeness (QED) is 0.700. The van der Waals surface area contributed by atoms with Crippen LogP contribution in [-0.4, -0.2) is 62.3 Å². The Balaban J connectivity index is 1.47. The first-order chi connectivity index (χ1) is 14.4. The molecule has 7 heteroatoms. The van der Waals surface area contributed by atoms with E-state index in [0.29, 0.717) is 32.7 Å². The summed E-state index contributed by atoms with van der Waals surface area (Å²) in [6, 6.07) is 19.1. The van der Waals surface area contributed by atoms with Gasteiger partial charge in [0.2, 0.25) is 15.9 Å². The first-order valence-electron chi connectivity index (χ1n) is 10.5. The number of carbonyl (C=O) groups excluding carboxylic acids is 1. The second-order valence-electron chi connectivity index (χ2n) is 7.91. The lowest BCUT2D eigenvalue weighted by molar-refractivity contribution is -0.126. The Hall–Kier alpha value is -2.22. The van der Waals surface area contributed by atoms with Gasteiger partial charge in [-0.3, -0.25) is 9.69 Å². The van der Waals surface area contributed by atoms with Crippen molar-refractivity contribution in [1.82, 2.24) is 14.5 Å². The van der Waals surface area contributed by atoms with Crippen LogP contribution in [0.4, 0.5) is 0 Å². The summed E-state index contributed by atoms with van der Waals surface area (Å²) >= 11 is 0. The molecule has 1 N–H and O–H groups in total. The second-order valence-corrected chi connectivity index (χ2v) is 9.88. The highest BCUT2D eigenvalue weighted by Crippen LogP contribution is 2.16. The van der Waals surface area contributed by atoms with Gasteiger partial charge in [-0.25, -0.2) is 8.42 Å². The standard InChI is InChI=1S/C23H31N3O3S/c1-19(22-11-7-4-8-12-22)17-24-23(27)20(2)25-13-15-26(16-14-25)30(28,29)18-21-9-5-3-6-10-21/h3-12,19-20H,13-18H2,1-2H3,(H,24,27)/t19-,20-/m1/s1. The normalized spacial score (nSPS) is 17.9. The summed E-state index contributed by atoms with van der Waals surface area (Å²) in [5, 5.41) is 3.04. The van der Waals surface area contributed by atoms with Gasteiger partial charge in [-0.1, -0.05) is 67.6 Å². The smallest absolute Gasteiger partial charge is 0.237 e. The van der Waals surface area contributed by atoms with Crippen LogP contribution in [-0.2, 0) is 20.6 Å². The number of piperazine rings is 1. The molecule has 0 aliphatic carbocycles. The van der Waals surface area contributed by atoms with E-state index in [-0.39, 0.29) is 23.6 Å². The molecule has 0 saturated carbocycles. The fourth-order valence-corrected chi connectivity index (χ4v) is 5.23. The molecule has 0 unspecified atom stereocenters. The van der Waals surface area contributed by atoms with Gasteiger partial charge >= 0.3 is 0 Å². The van der Waals surface area contributed by atoms with E-state index in [2.05, 4.69) is 29.3 Å². The maximum Gasteiger partial charge on any atom is 0.237 e. The van der Waals surface area contributed by atoms with Crippen LogP contribution in [0.25, 0.3) is 0 Å². The molecule has 3 rings (SSSR count). The highest BCUT2D eigenvalue weighted by atomic mass is 32.2. The van der Waals surface area contributed by atoms with Crippen LogP contribution in [0.5, 0.6) is 0 Å². The van der Waals surface area contributed by atoms with E-state index < -0.39 is 10.0 Å². The van der Waals surface area contributed by atoms with Gasteiger partial charge in [-0.15, -0.1) is 0 Å². The van der Waals surface area contributed by atoms with Gasteiger partial charge in [0.25, 0.3) is 0 Å². The number of carbonyl (C=O) groups is 1. The first kappa shape index (κ1) is 22.5. The molecule has 0 aromatic heterocycles. The molecular formula is C23H31N3O3S. The summed E-state index contributed by atoms with van der Waals surface area (Å²) in [6.07, 6.45) is 0. The van der Waals surface area contributed by atoms with Crippen molar-refractivity contribution in [3.05, 3.63) is 71.8 Å². The number of amides is 1. The Morgan fingerprint density at radius 2 is 1.50 bits per heavy atom. The van der Waals surface area contributed by atoms with E-state index in [1.165, 1.54) is 5.56 Å². The van der Waals surface area contributed by atoms with Crippen molar-refractivity contribution in [2.45, 2.75) is 31.6 Å². The number of hydrogen-bond donors (Lipinski definition) is 1. The average molecular weight is 430 g/mol. The van der Waals surface area contributed by atoms with E-state index in [9.17, 15) is 13.2 Å². The van der Waals surface area contributed by atoms with E-state index in [1.54, 1.807) is 4.31 Å². The molecular weight excluding hydrogens is 398 g/mol. The molecule has 2 aromatic carbocycles. The molecule has 2 aromatic rings. The molecule has 1 aliphatic heterocycles. The maximum atomic E-state index is 12.7. The van der Waals surface area contributed by atoms with Gasteiger partial charge < -0.3 is 5.32 Å². The summed E-state index contributed by atoms with van der Waals surface area (Å²) in [5.74, 6) is 0.238. The predicted octanol–water partition coefficient (Wildman–Crippen LogP) is 2.44. The molecule has 30 heavy (non-hydrogen) atoms. The molecule has 6 nitrogen and oxygen atoms in total. The highest BCUT2D eigenvalue weighted by Gasteiger charge is 2.30. The minimum absolute atomic E-state index is 0.0151. The van der Waals surface area contributed by atoms with Gasteiger partial charge in [-0.05, 0) is 24.0 Å². The second kappa shape index (κ2) is 10.2. The minimum atomic E-state index is -3.35. The number of benzene rings is 2. The summed E-state index contributed by atoms with van der Waals surface area (Å²) < 4.78 is 27.0. The van der Waals surface area contributed by atoms with E-state index in [1.807, 2.05) is 55.5 Å². The molecule has 0 radical (unpaired) electrons. The van der Waals surface area contributed by atoms with Crippen molar-refractivity contribution < 1.29 is 13.2 Å². The van der Waals surface area contributed by atoms with Crippen LogP contribution in [0.3, 0.4) is 0 Å². The molecule has 0 bridgehead atoms. The van der Waals surface area contributed by atoms with E-state index in [0.717, 1.165) is 5.56 Å². The van der Waals surface area contributed by atoms with Crippen molar-refractivity contribution in [3.63, 3.8) is 0 Å². The Bertz CT molecular complexity index is 911. The van der Waals surface area contributed by atoms with Crippen LogP contribution in [0, 0.1) is 0 Å². The third kappa shape index (κ3) is 5.90. The largest absolute Gasteiger partial charge is 0.354 e. The van der Waals surface area contributed by atoms with Gasteiger partial charge in [0.1, 0.15) is 0 Å². The number of nitrogens with zero attached hydrogens (tertiary/aromatic N) is 2. The van der Waals surface area contributed by atoms with Crippen LogP contribution in [0.2, 0.25) is 0 Å². The fraction of sp³-hybridized carbons (Fsp3) is 0.435. The Labute approximate surface area is 179 Å². The molecule has 1 aliphatic rings. The van der Waals surface area contributed by atoms with Crippen LogP contribution < -0.4 is 5.32 Å². The zero-order chi connectivity index (χ0) is 21.6. The molecule has 1 saturated heterocycles. The number of rotatable bonds is 8. The number of nitrogens with one attached hydrogen (secondary N) is 1. The molecule has 1 heterocycles. The molecule has 1 amide bonds. The monoisotopic (exact) mass is 429 g/mol. The number of hydrogen-bond acceptors (Lipinski definition) is 4. The van der Waals surface area contributed by atoms with Crippen molar-refractivity contribution >= 4 is 15.9 Å². The third-order valence-corrected chi connectivity index (χ3v) is 7.59. The van der Waals surface area contributed by atoms with Gasteiger partial charge in [0.05, 0.1) is 11.8 Å². The van der Waals surface area contributed by atoms with Gasteiger partial charge in [-0.2, -0.15) is 4.31 Å². The summed E-state index contributed by atoms with van der Waals surface area (Å²) in [7, 11) is -3.35. The molecule has 2 atom stereocenters. The Kier molecular flexibility index (Phi) is 7.64. The van der Waals surface area contributed by atoms with Crippen molar-refractivity contribution in [1.29, 1.82) is 0 Å². The van der Waals surface area contributed by atoms with Crippen LogP contribution >= 0.6 is 0 Å². The summed E-state index contributed by atoms with van der Waals surface area (Å²) in [5.41, 5.74) is 1.99. The van der Waals surface area contributed by atoms with Crippen molar-refractivity contribution in [3.8, 4) is 0 Å².